The fourth-order valence-electron chi connectivity index (χ4n) is 4.27. The normalized spacial score (nSPS) is 15.9. The highest BCUT2D eigenvalue weighted by atomic mass is 32.2. The number of carbonyl (C=O) groups excluding carboxylic acids is 2. The van der Waals surface area contributed by atoms with E-state index in [4.69, 9.17) is 35.2 Å². The number of allylic oxidation sites excluding steroid dienone is 2. The molecule has 0 aliphatic heterocycles. The molecule has 2 aromatic rings. The summed E-state index contributed by atoms with van der Waals surface area (Å²) in [5.41, 5.74) is 8.48. The molecule has 1 atom stereocenters. The van der Waals surface area contributed by atoms with Crippen LogP contribution in [-0.4, -0.2) is 57.4 Å². The number of benzene rings is 2. The fraction of sp³-hybridized carbons (Fsp3) is 0.292. The second-order valence-corrected chi connectivity index (χ2v) is 8.33. The van der Waals surface area contributed by atoms with Gasteiger partial charge in [-0.2, -0.15) is 0 Å². The van der Waals surface area contributed by atoms with Crippen LogP contribution in [0.2, 0.25) is 0 Å². The summed E-state index contributed by atoms with van der Waals surface area (Å²) in [7, 11) is 7.04. The van der Waals surface area contributed by atoms with Gasteiger partial charge in [0.05, 0.1) is 39.3 Å². The minimum absolute atomic E-state index is 0.131. The van der Waals surface area contributed by atoms with E-state index in [-0.39, 0.29) is 21.6 Å². The lowest BCUT2D eigenvalue weighted by molar-refractivity contribution is 0.0964. The van der Waals surface area contributed by atoms with Crippen molar-refractivity contribution in [3.8, 4) is 23.0 Å². The van der Waals surface area contributed by atoms with E-state index in [0.29, 0.717) is 51.7 Å². The molecule has 0 fully saturated rings. The Labute approximate surface area is 201 Å². The molecule has 0 spiro atoms. The van der Waals surface area contributed by atoms with Gasteiger partial charge in [-0.25, -0.2) is 0 Å². The van der Waals surface area contributed by atoms with Gasteiger partial charge >= 0.3 is 0 Å². The van der Waals surface area contributed by atoms with Gasteiger partial charge in [0.25, 0.3) is 0 Å². The molecule has 0 radical (unpaired) electrons. The quantitative estimate of drug-likeness (QED) is 0.415. The number of hydrogen-bond acceptors (Lipinski definition) is 9. The molecule has 0 saturated heterocycles. The maximum Gasteiger partial charge on any atom is 0.200 e. The number of thioether (sulfide) groups is 1. The number of carbonyl (C=O) groups is 2. The number of hydrogen-bond donors (Lipinski definition) is 3. The van der Waals surface area contributed by atoms with E-state index in [1.807, 2.05) is 0 Å². The lowest BCUT2D eigenvalue weighted by Gasteiger charge is -2.15. The summed E-state index contributed by atoms with van der Waals surface area (Å²) in [6, 6.07) is 6.76. The van der Waals surface area contributed by atoms with Gasteiger partial charge in [-0.3, -0.25) is 15.0 Å². The Morgan fingerprint density at radius 1 is 0.882 bits per heavy atom. The van der Waals surface area contributed by atoms with Crippen LogP contribution in [0.4, 0.5) is 0 Å². The zero-order valence-electron chi connectivity index (χ0n) is 19.5. The Hall–Kier alpha value is -3.50. The number of fused-ring (bicyclic) bond motifs is 2. The number of rotatable bonds is 6. The predicted octanol–water partition coefficient (Wildman–Crippen LogP) is 2.92. The van der Waals surface area contributed by atoms with Crippen LogP contribution in [0.1, 0.15) is 31.8 Å². The van der Waals surface area contributed by atoms with Crippen LogP contribution >= 0.6 is 11.8 Å². The Morgan fingerprint density at radius 2 is 1.35 bits per heavy atom. The number of amidine groups is 1. The van der Waals surface area contributed by atoms with Gasteiger partial charge in [0.2, 0.25) is 5.78 Å². The third-order valence-electron chi connectivity index (χ3n) is 5.69. The van der Waals surface area contributed by atoms with Crippen molar-refractivity contribution in [2.75, 3.05) is 35.5 Å². The first kappa shape index (κ1) is 25.1. The Morgan fingerprint density at radius 3 is 1.85 bits per heavy atom. The van der Waals surface area contributed by atoms with E-state index in [0.717, 1.165) is 24.4 Å². The number of nitrogens with one attached hydrogen (secondary N) is 1. The van der Waals surface area contributed by atoms with Crippen LogP contribution in [0, 0.1) is 11.3 Å². The fourth-order valence-corrected chi connectivity index (χ4v) is 5.05. The Balaban J connectivity index is 0.00000158. The van der Waals surface area contributed by atoms with Crippen molar-refractivity contribution in [3.05, 3.63) is 51.4 Å². The highest BCUT2D eigenvalue weighted by Gasteiger charge is 2.42. The number of aliphatic hydroxyl groups excluding tert-OH is 1. The number of Topliss-reactive ketones (excluding diaryl/α,β-unsaturated/α-hetero) is 2. The molecule has 1 unspecified atom stereocenters. The monoisotopic (exact) mass is 486 g/mol. The predicted molar refractivity (Wildman–Crippen MR) is 130 cm³/mol. The molecule has 0 saturated carbocycles. The van der Waals surface area contributed by atoms with Gasteiger partial charge in [-0.05, 0) is 59.1 Å². The van der Waals surface area contributed by atoms with Gasteiger partial charge < -0.3 is 29.8 Å². The summed E-state index contributed by atoms with van der Waals surface area (Å²) in [4.78, 5) is 27.0. The lowest BCUT2D eigenvalue weighted by Crippen LogP contribution is -2.13. The molecule has 9 nitrogen and oxygen atoms in total. The second-order valence-electron chi connectivity index (χ2n) is 7.28. The summed E-state index contributed by atoms with van der Waals surface area (Å²) >= 11 is 0.853. The average molecular weight is 487 g/mol. The number of ketones is 2. The maximum atomic E-state index is 13.5. The SMILES string of the molecule is CO.COc1cc2c(cc1OC)C(=O)C(C1=C(SC(=N)N)C(=O)c3cc(OC)c(OC)cc31)C2. The topological polar surface area (TPSA) is 141 Å². The van der Waals surface area contributed by atoms with E-state index in [2.05, 4.69) is 0 Å². The van der Waals surface area contributed by atoms with Crippen molar-refractivity contribution >= 4 is 34.1 Å². The molecule has 0 bridgehead atoms. The molecule has 2 aliphatic carbocycles. The van der Waals surface area contributed by atoms with E-state index in [1.54, 1.807) is 24.3 Å². The molecule has 0 amide bonds. The number of methoxy groups -OCH3 is 4. The Kier molecular flexibility index (Phi) is 7.53. The lowest BCUT2D eigenvalue weighted by atomic mass is 9.90. The molecular formula is C24H26N2O7S. The van der Waals surface area contributed by atoms with Gasteiger partial charge in [-0.15, -0.1) is 0 Å². The first-order valence-electron chi connectivity index (χ1n) is 10.2. The summed E-state index contributed by atoms with van der Waals surface area (Å²) in [6.07, 6.45) is 0.382. The smallest absolute Gasteiger partial charge is 0.200 e. The van der Waals surface area contributed by atoms with Crippen molar-refractivity contribution in [3.63, 3.8) is 0 Å². The second kappa shape index (κ2) is 10.2. The van der Waals surface area contributed by atoms with Crippen LogP contribution in [-0.2, 0) is 6.42 Å². The average Bonchev–Trinajstić information content (AvgIpc) is 3.30. The van der Waals surface area contributed by atoms with Gasteiger partial charge in [0.1, 0.15) is 0 Å². The van der Waals surface area contributed by atoms with Crippen molar-refractivity contribution in [1.29, 1.82) is 5.41 Å². The van der Waals surface area contributed by atoms with Crippen molar-refractivity contribution in [2.24, 2.45) is 11.7 Å². The standard InChI is InChI=1S/C23H22N2O6S.CH4O/c1-28-15-6-10-5-14(20(26)11(10)7-16(15)29-2)19-12-8-17(30-3)18(31-4)9-13(12)21(27)22(19)32-23(24)25;1-2/h6-9,14H,5H2,1-4H3,(H3,24,25);2H,1H3. The van der Waals surface area contributed by atoms with Crippen molar-refractivity contribution in [1.82, 2.24) is 0 Å². The van der Waals surface area contributed by atoms with Crippen LogP contribution in [0.3, 0.4) is 0 Å². The molecule has 34 heavy (non-hydrogen) atoms. The van der Waals surface area contributed by atoms with Gasteiger partial charge in [0.15, 0.2) is 33.9 Å². The minimum atomic E-state index is -0.619. The molecule has 2 aromatic carbocycles. The molecule has 4 N–H and O–H groups in total. The zero-order valence-corrected chi connectivity index (χ0v) is 20.3. The van der Waals surface area contributed by atoms with Crippen LogP contribution < -0.4 is 24.7 Å². The largest absolute Gasteiger partial charge is 0.493 e. The van der Waals surface area contributed by atoms with Crippen LogP contribution in [0.15, 0.2) is 29.2 Å². The highest BCUT2D eigenvalue weighted by Crippen LogP contribution is 2.50. The van der Waals surface area contributed by atoms with E-state index >= 15 is 0 Å². The van der Waals surface area contributed by atoms with Crippen molar-refractivity contribution < 1.29 is 33.6 Å². The third kappa shape index (κ3) is 4.10. The molecule has 0 aromatic heterocycles. The number of nitrogens with two attached hydrogens (primary N) is 1. The molecule has 4 rings (SSSR count). The molecule has 180 valence electrons. The molecule has 10 heteroatoms. The maximum absolute atomic E-state index is 13.5. The molecule has 2 aliphatic rings. The first-order chi connectivity index (χ1) is 16.3. The first-order valence-corrected chi connectivity index (χ1v) is 11.0. The summed E-state index contributed by atoms with van der Waals surface area (Å²) in [5.74, 6) is 0.790. The summed E-state index contributed by atoms with van der Waals surface area (Å²) in [6.45, 7) is 0. The van der Waals surface area contributed by atoms with Crippen molar-refractivity contribution in [2.45, 2.75) is 6.42 Å². The van der Waals surface area contributed by atoms with E-state index in [1.165, 1.54) is 28.4 Å². The van der Waals surface area contributed by atoms with Gasteiger partial charge in [-0.1, -0.05) is 0 Å². The summed E-state index contributed by atoms with van der Waals surface area (Å²) < 4.78 is 21.5. The molecule has 0 heterocycles. The zero-order chi connectivity index (χ0) is 25.2. The third-order valence-corrected chi connectivity index (χ3v) is 6.51. The summed E-state index contributed by atoms with van der Waals surface area (Å²) in [5, 5.41) is 14.5. The van der Waals surface area contributed by atoms with E-state index < -0.39 is 5.92 Å². The minimum Gasteiger partial charge on any atom is -0.493 e. The highest BCUT2D eigenvalue weighted by molar-refractivity contribution is 8.17. The number of ether oxygens (including phenoxy) is 4. The van der Waals surface area contributed by atoms with Crippen LogP contribution in [0.5, 0.6) is 23.0 Å². The Bertz CT molecular complexity index is 1210. The van der Waals surface area contributed by atoms with E-state index in [9.17, 15) is 9.59 Å². The van der Waals surface area contributed by atoms with Gasteiger partial charge in [0, 0.05) is 18.2 Å². The van der Waals surface area contributed by atoms with Crippen LogP contribution in [0.25, 0.3) is 5.57 Å². The molecular weight excluding hydrogens is 460 g/mol. The number of aliphatic hydroxyl groups is 1.